The molecule has 148 valence electrons. The van der Waals surface area contributed by atoms with Crippen LogP contribution in [0.5, 0.6) is 5.75 Å². The van der Waals surface area contributed by atoms with Crippen molar-refractivity contribution < 1.29 is 19.0 Å². The van der Waals surface area contributed by atoms with Gasteiger partial charge in [0, 0.05) is 31.8 Å². The number of nitrogens with two attached hydrogens (primary N) is 1. The fraction of sp³-hybridized carbons (Fsp3) is 0.333. The lowest BCUT2D eigenvalue weighted by atomic mass is 9.94. The van der Waals surface area contributed by atoms with Gasteiger partial charge in [0.2, 0.25) is 11.3 Å². The third kappa shape index (κ3) is 3.41. The van der Waals surface area contributed by atoms with E-state index in [-0.39, 0.29) is 11.5 Å². The average Bonchev–Trinajstić information content (AvgIpc) is 2.91. The minimum absolute atomic E-state index is 0.155. The van der Waals surface area contributed by atoms with Crippen LogP contribution in [0.15, 0.2) is 40.0 Å². The zero-order valence-corrected chi connectivity index (χ0v) is 17.1. The summed E-state index contributed by atoms with van der Waals surface area (Å²) in [5, 5.41) is 0. The average molecular weight is 401 g/mol. The van der Waals surface area contributed by atoms with Gasteiger partial charge in [0.1, 0.15) is 6.10 Å². The second-order valence-electron chi connectivity index (χ2n) is 6.46. The molecule has 0 saturated heterocycles. The van der Waals surface area contributed by atoms with E-state index >= 15 is 0 Å². The van der Waals surface area contributed by atoms with Crippen molar-refractivity contribution in [2.45, 2.75) is 23.5 Å². The van der Waals surface area contributed by atoms with Gasteiger partial charge in [-0.1, -0.05) is 12.1 Å². The summed E-state index contributed by atoms with van der Waals surface area (Å²) < 4.78 is 17.0. The SMILES string of the molecule is COc1c2c(ccc(SC)c1=O)-c1ccc(C(N)=O)cc1C(OC)C(OC)C2. The molecule has 2 aromatic rings. The van der Waals surface area contributed by atoms with E-state index in [1.54, 1.807) is 32.4 Å². The molecule has 0 aliphatic heterocycles. The molecule has 1 aliphatic carbocycles. The normalized spacial score (nSPS) is 18.0. The fourth-order valence-electron chi connectivity index (χ4n) is 3.73. The number of carbonyl (C=O) groups excluding carboxylic acids is 1. The van der Waals surface area contributed by atoms with Gasteiger partial charge in [0.25, 0.3) is 0 Å². The Morgan fingerprint density at radius 3 is 2.39 bits per heavy atom. The largest absolute Gasteiger partial charge is 0.492 e. The molecule has 1 amide bonds. The van der Waals surface area contributed by atoms with Gasteiger partial charge in [0.15, 0.2) is 5.75 Å². The lowest BCUT2D eigenvalue weighted by Crippen LogP contribution is -2.25. The number of ether oxygens (including phenoxy) is 3. The first kappa shape index (κ1) is 20.4. The van der Waals surface area contributed by atoms with Crippen molar-refractivity contribution >= 4 is 17.7 Å². The standard InChI is InChI=1S/C21H23NO5S/c1-25-16-10-15-13(7-8-17(28-4)18(23)20(15)27-3)12-6-5-11(21(22)24)9-14(12)19(16)26-2/h5-9,16,19H,10H2,1-4H3,(H2,22,24). The summed E-state index contributed by atoms with van der Waals surface area (Å²) in [5.41, 5.74) is 8.96. The molecule has 0 saturated carbocycles. The van der Waals surface area contributed by atoms with Gasteiger partial charge in [-0.3, -0.25) is 9.59 Å². The molecule has 2 atom stereocenters. The number of thioether (sulfide) groups is 1. The third-order valence-corrected chi connectivity index (χ3v) is 5.85. The van der Waals surface area contributed by atoms with Crippen LogP contribution in [0.25, 0.3) is 11.1 Å². The van der Waals surface area contributed by atoms with E-state index in [0.29, 0.717) is 22.6 Å². The van der Waals surface area contributed by atoms with Crippen LogP contribution in [0.3, 0.4) is 0 Å². The van der Waals surface area contributed by atoms with Crippen molar-refractivity contribution in [3.05, 3.63) is 57.2 Å². The molecule has 3 rings (SSSR count). The van der Waals surface area contributed by atoms with Crippen LogP contribution in [0.4, 0.5) is 0 Å². The van der Waals surface area contributed by atoms with Crippen molar-refractivity contribution in [3.63, 3.8) is 0 Å². The van der Waals surface area contributed by atoms with Gasteiger partial charge in [0.05, 0.1) is 18.1 Å². The van der Waals surface area contributed by atoms with E-state index in [1.165, 1.54) is 18.9 Å². The molecule has 7 heteroatoms. The van der Waals surface area contributed by atoms with Crippen LogP contribution in [0.2, 0.25) is 0 Å². The molecule has 0 aromatic heterocycles. The Bertz CT molecular complexity index is 976. The number of hydrogen-bond donors (Lipinski definition) is 1. The molecule has 0 fully saturated rings. The lowest BCUT2D eigenvalue weighted by molar-refractivity contribution is -0.0362. The molecule has 2 N–H and O–H groups in total. The smallest absolute Gasteiger partial charge is 0.248 e. The maximum Gasteiger partial charge on any atom is 0.248 e. The molecule has 0 radical (unpaired) electrons. The minimum atomic E-state index is -0.515. The summed E-state index contributed by atoms with van der Waals surface area (Å²) >= 11 is 1.37. The molecule has 1 aliphatic rings. The summed E-state index contributed by atoms with van der Waals surface area (Å²) in [6, 6.07) is 8.96. The third-order valence-electron chi connectivity index (χ3n) is 5.09. The molecule has 6 nitrogen and oxygen atoms in total. The Morgan fingerprint density at radius 1 is 1.11 bits per heavy atom. The van der Waals surface area contributed by atoms with Crippen molar-refractivity contribution in [1.82, 2.24) is 0 Å². The second-order valence-corrected chi connectivity index (χ2v) is 7.31. The van der Waals surface area contributed by atoms with E-state index in [0.717, 1.165) is 22.3 Å². The Balaban J connectivity index is 2.43. The summed E-state index contributed by atoms with van der Waals surface area (Å²) in [5.74, 6) is -0.216. The Kier molecular flexibility index (Phi) is 6.07. The summed E-state index contributed by atoms with van der Waals surface area (Å²) in [4.78, 5) is 25.3. The number of carbonyl (C=O) groups is 1. The zero-order chi connectivity index (χ0) is 20.4. The number of hydrogen-bond acceptors (Lipinski definition) is 6. The van der Waals surface area contributed by atoms with Gasteiger partial charge in [-0.05, 0) is 41.1 Å². The van der Waals surface area contributed by atoms with E-state index in [2.05, 4.69) is 0 Å². The van der Waals surface area contributed by atoms with Crippen LogP contribution < -0.4 is 15.9 Å². The maximum absolute atomic E-state index is 12.9. The molecule has 0 spiro atoms. The fourth-order valence-corrected chi connectivity index (χ4v) is 4.21. The topological polar surface area (TPSA) is 87.9 Å². The molecule has 0 bridgehead atoms. The van der Waals surface area contributed by atoms with Crippen molar-refractivity contribution in [2.75, 3.05) is 27.6 Å². The quantitative estimate of drug-likeness (QED) is 0.775. The highest BCUT2D eigenvalue weighted by molar-refractivity contribution is 7.98. The summed E-state index contributed by atoms with van der Waals surface area (Å²) in [7, 11) is 4.69. The lowest BCUT2D eigenvalue weighted by Gasteiger charge is -2.24. The molecule has 28 heavy (non-hydrogen) atoms. The zero-order valence-electron chi connectivity index (χ0n) is 16.3. The van der Waals surface area contributed by atoms with E-state index in [4.69, 9.17) is 19.9 Å². The van der Waals surface area contributed by atoms with Crippen LogP contribution >= 0.6 is 11.8 Å². The Morgan fingerprint density at radius 2 is 1.82 bits per heavy atom. The van der Waals surface area contributed by atoms with Crippen molar-refractivity contribution in [1.29, 1.82) is 0 Å². The highest BCUT2D eigenvalue weighted by Gasteiger charge is 2.33. The molecule has 2 aromatic carbocycles. The first-order chi connectivity index (χ1) is 13.5. The minimum Gasteiger partial charge on any atom is -0.492 e. The van der Waals surface area contributed by atoms with Gasteiger partial charge < -0.3 is 19.9 Å². The van der Waals surface area contributed by atoms with Crippen LogP contribution in [-0.4, -0.2) is 39.6 Å². The molecular formula is C21H23NO5S. The second kappa shape index (κ2) is 8.34. The number of methoxy groups -OCH3 is 3. The number of amides is 1. The predicted molar refractivity (Wildman–Crippen MR) is 109 cm³/mol. The monoisotopic (exact) mass is 401 g/mol. The Hall–Kier alpha value is -2.35. The Labute approximate surface area is 168 Å². The maximum atomic E-state index is 12.9. The predicted octanol–water partition coefficient (Wildman–Crippen LogP) is 2.80. The van der Waals surface area contributed by atoms with Gasteiger partial charge >= 0.3 is 0 Å². The van der Waals surface area contributed by atoms with Crippen LogP contribution in [-0.2, 0) is 15.9 Å². The highest BCUT2D eigenvalue weighted by Crippen LogP contribution is 2.42. The summed E-state index contributed by atoms with van der Waals surface area (Å²) in [6.07, 6.45) is 1.47. The van der Waals surface area contributed by atoms with Crippen LogP contribution in [0, 0.1) is 0 Å². The number of benzene rings is 1. The summed E-state index contributed by atoms with van der Waals surface area (Å²) in [6.45, 7) is 0. The van der Waals surface area contributed by atoms with Gasteiger partial charge in [-0.2, -0.15) is 0 Å². The number of rotatable bonds is 5. The van der Waals surface area contributed by atoms with Crippen molar-refractivity contribution in [2.24, 2.45) is 5.73 Å². The highest BCUT2D eigenvalue weighted by atomic mass is 32.2. The van der Waals surface area contributed by atoms with Crippen LogP contribution in [0.1, 0.15) is 27.6 Å². The first-order valence-electron chi connectivity index (χ1n) is 8.74. The number of primary amides is 1. The molecular weight excluding hydrogens is 378 g/mol. The van der Waals surface area contributed by atoms with Crippen molar-refractivity contribution in [3.8, 4) is 16.9 Å². The molecule has 0 heterocycles. The van der Waals surface area contributed by atoms with E-state index < -0.39 is 12.0 Å². The van der Waals surface area contributed by atoms with Gasteiger partial charge in [-0.25, -0.2) is 0 Å². The number of fused-ring (bicyclic) bond motifs is 3. The van der Waals surface area contributed by atoms with E-state index in [1.807, 2.05) is 18.4 Å². The van der Waals surface area contributed by atoms with Gasteiger partial charge in [-0.15, -0.1) is 11.8 Å². The van der Waals surface area contributed by atoms with E-state index in [9.17, 15) is 9.59 Å². The first-order valence-corrected chi connectivity index (χ1v) is 9.97. The molecule has 2 unspecified atom stereocenters.